The predicted molar refractivity (Wildman–Crippen MR) is 60.9 cm³/mol. The van der Waals surface area contributed by atoms with Crippen LogP contribution in [0.15, 0.2) is 29.1 Å². The molecule has 0 unspecified atom stereocenters. The molecule has 2 aromatic rings. The Labute approximate surface area is 95.5 Å². The molecule has 2 rings (SSSR count). The van der Waals surface area contributed by atoms with Crippen molar-refractivity contribution in [1.29, 1.82) is 0 Å². The molecule has 4 nitrogen and oxygen atoms in total. The molecule has 0 aliphatic heterocycles. The van der Waals surface area contributed by atoms with Crippen molar-refractivity contribution in [2.45, 2.75) is 6.42 Å². The maximum absolute atomic E-state index is 11.7. The van der Waals surface area contributed by atoms with Gasteiger partial charge in [0.05, 0.1) is 17.0 Å². The lowest BCUT2D eigenvalue weighted by Crippen LogP contribution is -2.09. The molecule has 0 aliphatic rings. The predicted octanol–water partition coefficient (Wildman–Crippen LogP) is 1.81. The van der Waals surface area contributed by atoms with E-state index in [1.54, 1.807) is 18.2 Å². The number of carboxylic acids is 1. The maximum Gasteiger partial charge on any atom is 0.309 e. The van der Waals surface area contributed by atoms with Gasteiger partial charge in [0.1, 0.15) is 0 Å². The third-order valence-corrected chi connectivity index (χ3v) is 2.53. The van der Waals surface area contributed by atoms with Gasteiger partial charge in [0.15, 0.2) is 5.43 Å². The van der Waals surface area contributed by atoms with Gasteiger partial charge in [0, 0.05) is 17.1 Å². The Balaban J connectivity index is 2.70. The van der Waals surface area contributed by atoms with Gasteiger partial charge < -0.3 is 10.1 Å². The fraction of sp³-hybridized carbons (Fsp3) is 0.0909. The Kier molecular flexibility index (Phi) is 2.66. The summed E-state index contributed by atoms with van der Waals surface area (Å²) in [5.74, 6) is -0.998. The summed E-state index contributed by atoms with van der Waals surface area (Å²) in [6.45, 7) is 0. The van der Waals surface area contributed by atoms with Crippen LogP contribution in [-0.2, 0) is 11.2 Å². The topological polar surface area (TPSA) is 70.2 Å². The first-order chi connectivity index (χ1) is 7.58. The molecule has 0 amide bonds. The minimum Gasteiger partial charge on any atom is -0.481 e. The molecule has 0 bridgehead atoms. The number of carboxylic acid groups (broad SMARTS) is 1. The van der Waals surface area contributed by atoms with Gasteiger partial charge in [-0.2, -0.15) is 0 Å². The minimum atomic E-state index is -0.998. The zero-order valence-electron chi connectivity index (χ0n) is 8.16. The number of rotatable bonds is 2. The zero-order chi connectivity index (χ0) is 11.7. The number of aromatic amines is 1. The summed E-state index contributed by atoms with van der Waals surface area (Å²) in [4.78, 5) is 25.1. The third kappa shape index (κ3) is 1.92. The highest BCUT2D eigenvalue weighted by atomic mass is 35.5. The second-order valence-electron chi connectivity index (χ2n) is 3.39. The first kappa shape index (κ1) is 10.7. The van der Waals surface area contributed by atoms with Crippen molar-refractivity contribution in [3.63, 3.8) is 0 Å². The van der Waals surface area contributed by atoms with Crippen molar-refractivity contribution in [2.24, 2.45) is 0 Å². The second-order valence-corrected chi connectivity index (χ2v) is 3.80. The van der Waals surface area contributed by atoms with Crippen molar-refractivity contribution in [2.75, 3.05) is 0 Å². The van der Waals surface area contributed by atoms with Gasteiger partial charge in [-0.3, -0.25) is 9.59 Å². The summed E-state index contributed by atoms with van der Waals surface area (Å²) in [6, 6.07) is 6.25. The van der Waals surface area contributed by atoms with Crippen molar-refractivity contribution in [3.8, 4) is 0 Å². The van der Waals surface area contributed by atoms with Gasteiger partial charge >= 0.3 is 5.97 Å². The molecule has 1 heterocycles. The van der Waals surface area contributed by atoms with Crippen LogP contribution in [0.5, 0.6) is 0 Å². The Morgan fingerprint density at radius 2 is 2.19 bits per heavy atom. The number of H-pyrrole nitrogens is 1. The van der Waals surface area contributed by atoms with E-state index in [0.717, 1.165) is 0 Å². The lowest BCUT2D eigenvalue weighted by Gasteiger charge is -2.03. The number of aliphatic carboxylic acids is 1. The second kappa shape index (κ2) is 3.98. The van der Waals surface area contributed by atoms with E-state index in [4.69, 9.17) is 16.7 Å². The molecule has 0 atom stereocenters. The van der Waals surface area contributed by atoms with Crippen LogP contribution in [0.1, 0.15) is 5.69 Å². The van der Waals surface area contributed by atoms with E-state index in [1.807, 2.05) is 0 Å². The summed E-state index contributed by atoms with van der Waals surface area (Å²) in [5.41, 5.74) is 0.596. The number of fused-ring (bicyclic) bond motifs is 1. The number of nitrogens with one attached hydrogen (secondary N) is 1. The summed E-state index contributed by atoms with van der Waals surface area (Å²) in [7, 11) is 0. The molecule has 0 fully saturated rings. The molecule has 0 saturated carbocycles. The molecule has 82 valence electrons. The normalized spacial score (nSPS) is 10.6. The number of pyridine rings is 1. The molecule has 0 aliphatic carbocycles. The summed E-state index contributed by atoms with van der Waals surface area (Å²) in [6.07, 6.45) is -0.226. The summed E-state index contributed by atoms with van der Waals surface area (Å²) >= 11 is 5.92. The van der Waals surface area contributed by atoms with E-state index in [-0.39, 0.29) is 11.8 Å². The maximum atomic E-state index is 11.7. The monoisotopic (exact) mass is 237 g/mol. The summed E-state index contributed by atoms with van der Waals surface area (Å²) < 4.78 is 0. The highest BCUT2D eigenvalue weighted by Gasteiger charge is 2.07. The third-order valence-electron chi connectivity index (χ3n) is 2.21. The van der Waals surface area contributed by atoms with Gasteiger partial charge in [0.25, 0.3) is 0 Å². The van der Waals surface area contributed by atoms with Crippen LogP contribution in [0.25, 0.3) is 10.9 Å². The Morgan fingerprint density at radius 1 is 1.44 bits per heavy atom. The first-order valence-corrected chi connectivity index (χ1v) is 4.98. The number of hydrogen-bond donors (Lipinski definition) is 2. The van der Waals surface area contributed by atoms with Crippen LogP contribution in [0.4, 0.5) is 0 Å². The number of carbonyl (C=O) groups is 1. The van der Waals surface area contributed by atoms with Crippen LogP contribution >= 0.6 is 11.6 Å². The molecule has 1 aromatic heterocycles. The molecular weight excluding hydrogens is 230 g/mol. The number of benzene rings is 1. The molecule has 2 N–H and O–H groups in total. The fourth-order valence-corrected chi connectivity index (χ4v) is 1.77. The molecule has 0 spiro atoms. The average Bonchev–Trinajstić information content (AvgIpc) is 2.19. The molecule has 0 saturated heterocycles. The van der Waals surface area contributed by atoms with Gasteiger partial charge in [-0.05, 0) is 12.1 Å². The van der Waals surface area contributed by atoms with E-state index in [1.165, 1.54) is 6.07 Å². The zero-order valence-corrected chi connectivity index (χ0v) is 8.91. The van der Waals surface area contributed by atoms with Crippen molar-refractivity contribution in [3.05, 3.63) is 45.2 Å². The van der Waals surface area contributed by atoms with Crippen LogP contribution in [-0.4, -0.2) is 16.1 Å². The van der Waals surface area contributed by atoms with E-state index < -0.39 is 5.97 Å². The van der Waals surface area contributed by atoms with Crippen LogP contribution in [0.2, 0.25) is 5.02 Å². The van der Waals surface area contributed by atoms with Gasteiger partial charge in [-0.25, -0.2) is 0 Å². The Hall–Kier alpha value is -1.81. The molecular formula is C11H8ClNO3. The fourth-order valence-electron chi connectivity index (χ4n) is 1.55. The van der Waals surface area contributed by atoms with E-state index in [9.17, 15) is 9.59 Å². The SMILES string of the molecule is O=C(O)Cc1cc(=O)c2cccc(Cl)c2[nH]1. The van der Waals surface area contributed by atoms with Crippen LogP contribution in [0.3, 0.4) is 0 Å². The van der Waals surface area contributed by atoms with Gasteiger partial charge in [-0.15, -0.1) is 0 Å². The van der Waals surface area contributed by atoms with Gasteiger partial charge in [0.2, 0.25) is 0 Å². The summed E-state index contributed by atoms with van der Waals surface area (Å²) in [5, 5.41) is 9.51. The standard InChI is InChI=1S/C11H8ClNO3/c12-8-3-1-2-7-9(14)4-6(5-10(15)16)13-11(7)8/h1-4H,5H2,(H,13,14)(H,15,16). The lowest BCUT2D eigenvalue weighted by atomic mass is 10.1. The van der Waals surface area contributed by atoms with E-state index >= 15 is 0 Å². The first-order valence-electron chi connectivity index (χ1n) is 4.60. The number of para-hydroxylation sites is 1. The molecule has 5 heteroatoms. The number of halogens is 1. The van der Waals surface area contributed by atoms with Crippen LogP contribution in [0, 0.1) is 0 Å². The Morgan fingerprint density at radius 3 is 2.88 bits per heavy atom. The van der Waals surface area contributed by atoms with Crippen molar-refractivity contribution < 1.29 is 9.90 Å². The Bertz CT molecular complexity index is 618. The minimum absolute atomic E-state index is 0.226. The van der Waals surface area contributed by atoms with E-state index in [0.29, 0.717) is 21.6 Å². The van der Waals surface area contributed by atoms with Crippen molar-refractivity contribution in [1.82, 2.24) is 4.98 Å². The van der Waals surface area contributed by atoms with Gasteiger partial charge in [-0.1, -0.05) is 17.7 Å². The molecule has 1 aromatic carbocycles. The highest BCUT2D eigenvalue weighted by molar-refractivity contribution is 6.35. The highest BCUT2D eigenvalue weighted by Crippen LogP contribution is 2.18. The quantitative estimate of drug-likeness (QED) is 0.837. The number of aromatic nitrogens is 1. The van der Waals surface area contributed by atoms with Crippen LogP contribution < -0.4 is 5.43 Å². The number of hydrogen-bond acceptors (Lipinski definition) is 2. The lowest BCUT2D eigenvalue weighted by molar-refractivity contribution is -0.136. The smallest absolute Gasteiger partial charge is 0.309 e. The largest absolute Gasteiger partial charge is 0.481 e. The molecule has 0 radical (unpaired) electrons. The van der Waals surface area contributed by atoms with E-state index in [2.05, 4.69) is 4.98 Å². The average molecular weight is 238 g/mol. The molecule has 16 heavy (non-hydrogen) atoms. The van der Waals surface area contributed by atoms with Crippen molar-refractivity contribution >= 4 is 28.5 Å².